The summed E-state index contributed by atoms with van der Waals surface area (Å²) in [7, 11) is 0. The molecule has 5 heteroatoms. The van der Waals surface area contributed by atoms with Gasteiger partial charge in [0.2, 0.25) is 5.91 Å². The predicted octanol–water partition coefficient (Wildman–Crippen LogP) is 4.23. The molecule has 0 radical (unpaired) electrons. The Balaban J connectivity index is 1.69. The van der Waals surface area contributed by atoms with Gasteiger partial charge in [-0.1, -0.05) is 58.4 Å². The smallest absolute Gasteiger partial charge is 0.245 e. The van der Waals surface area contributed by atoms with Crippen LogP contribution in [-0.4, -0.2) is 21.7 Å². The number of aliphatic hydroxyl groups is 1. The predicted molar refractivity (Wildman–Crippen MR) is 102 cm³/mol. The van der Waals surface area contributed by atoms with Gasteiger partial charge in [-0.25, -0.2) is 0 Å². The molecule has 1 aliphatic heterocycles. The molecular formula is C20H21BrN2O2. The second kappa shape index (κ2) is 7.50. The third-order valence-electron chi connectivity index (χ3n) is 4.37. The molecule has 3 rings (SSSR count). The Morgan fingerprint density at radius 1 is 1.20 bits per heavy atom. The SMILES string of the molecule is CC1=NN(C(=O)CCCc2ccccc2)[C@](O)(c2ccc(Br)cc2)C1. The summed E-state index contributed by atoms with van der Waals surface area (Å²) in [5, 5.41) is 16.7. The number of benzene rings is 2. The molecule has 4 nitrogen and oxygen atoms in total. The molecule has 0 saturated carbocycles. The highest BCUT2D eigenvalue weighted by Crippen LogP contribution is 2.36. The van der Waals surface area contributed by atoms with Crippen LogP contribution in [0.2, 0.25) is 0 Å². The Morgan fingerprint density at radius 2 is 1.88 bits per heavy atom. The summed E-state index contributed by atoms with van der Waals surface area (Å²) >= 11 is 3.39. The third kappa shape index (κ3) is 3.99. The molecule has 0 fully saturated rings. The fraction of sp³-hybridized carbons (Fsp3) is 0.300. The van der Waals surface area contributed by atoms with Crippen molar-refractivity contribution < 1.29 is 9.90 Å². The van der Waals surface area contributed by atoms with Crippen molar-refractivity contribution >= 4 is 27.5 Å². The van der Waals surface area contributed by atoms with Crippen molar-refractivity contribution in [1.82, 2.24) is 5.01 Å². The number of hydrogen-bond acceptors (Lipinski definition) is 3. The standard InChI is InChI=1S/C20H21BrN2O2/c1-15-14-20(25,17-10-12-18(21)13-11-17)23(22-15)19(24)9-5-8-16-6-3-2-4-7-16/h2-4,6-7,10-13,25H,5,8-9,14H2,1H3/t20-/m1/s1. The van der Waals surface area contributed by atoms with E-state index in [9.17, 15) is 9.90 Å². The lowest BCUT2D eigenvalue weighted by molar-refractivity contribution is -0.157. The highest BCUT2D eigenvalue weighted by atomic mass is 79.9. The summed E-state index contributed by atoms with van der Waals surface area (Å²) < 4.78 is 0.927. The van der Waals surface area contributed by atoms with E-state index in [1.165, 1.54) is 10.6 Å². The second-order valence-electron chi connectivity index (χ2n) is 6.38. The summed E-state index contributed by atoms with van der Waals surface area (Å²) in [6.45, 7) is 1.83. The summed E-state index contributed by atoms with van der Waals surface area (Å²) in [4.78, 5) is 12.7. The molecule has 0 aliphatic carbocycles. The zero-order valence-corrected chi connectivity index (χ0v) is 15.7. The van der Waals surface area contributed by atoms with Crippen molar-refractivity contribution in [3.05, 3.63) is 70.2 Å². The van der Waals surface area contributed by atoms with Gasteiger partial charge in [0.05, 0.1) is 0 Å². The average molecular weight is 401 g/mol. The maximum Gasteiger partial charge on any atom is 0.245 e. The van der Waals surface area contributed by atoms with E-state index in [-0.39, 0.29) is 5.91 Å². The Morgan fingerprint density at radius 3 is 2.56 bits per heavy atom. The second-order valence-corrected chi connectivity index (χ2v) is 7.30. The largest absolute Gasteiger partial charge is 0.365 e. The van der Waals surface area contributed by atoms with Crippen LogP contribution in [0.5, 0.6) is 0 Å². The Kier molecular flexibility index (Phi) is 5.35. The lowest BCUT2D eigenvalue weighted by Crippen LogP contribution is -2.43. The monoisotopic (exact) mass is 400 g/mol. The lowest BCUT2D eigenvalue weighted by atomic mass is 9.97. The lowest BCUT2D eigenvalue weighted by Gasteiger charge is -2.31. The highest BCUT2D eigenvalue weighted by Gasteiger charge is 2.44. The third-order valence-corrected chi connectivity index (χ3v) is 4.89. The van der Waals surface area contributed by atoms with Crippen molar-refractivity contribution in [2.75, 3.05) is 0 Å². The number of carbonyl (C=O) groups is 1. The minimum atomic E-state index is -1.39. The van der Waals surface area contributed by atoms with E-state index in [2.05, 4.69) is 33.2 Å². The van der Waals surface area contributed by atoms with Gasteiger partial charge < -0.3 is 5.11 Å². The number of hydrogen-bond donors (Lipinski definition) is 1. The first kappa shape index (κ1) is 17.8. The van der Waals surface area contributed by atoms with Gasteiger partial charge in [0, 0.05) is 28.6 Å². The van der Waals surface area contributed by atoms with E-state index in [1.54, 1.807) is 0 Å². The van der Waals surface area contributed by atoms with Crippen LogP contribution in [-0.2, 0) is 16.9 Å². The van der Waals surface area contributed by atoms with Crippen molar-refractivity contribution in [1.29, 1.82) is 0 Å². The van der Waals surface area contributed by atoms with Gasteiger partial charge in [0.25, 0.3) is 0 Å². The molecule has 25 heavy (non-hydrogen) atoms. The summed E-state index contributed by atoms with van der Waals surface area (Å²) in [6.07, 6.45) is 2.24. The maximum absolute atomic E-state index is 12.7. The van der Waals surface area contributed by atoms with Gasteiger partial charge in [0.15, 0.2) is 5.72 Å². The van der Waals surface area contributed by atoms with Gasteiger partial charge >= 0.3 is 0 Å². The fourth-order valence-corrected chi connectivity index (χ4v) is 3.38. The highest BCUT2D eigenvalue weighted by molar-refractivity contribution is 9.10. The van der Waals surface area contributed by atoms with Crippen LogP contribution in [0.4, 0.5) is 0 Å². The molecule has 0 unspecified atom stereocenters. The van der Waals surface area contributed by atoms with Gasteiger partial charge in [-0.15, -0.1) is 0 Å². The minimum Gasteiger partial charge on any atom is -0.365 e. The van der Waals surface area contributed by atoms with Crippen LogP contribution in [0, 0.1) is 0 Å². The van der Waals surface area contributed by atoms with Gasteiger partial charge in [-0.3, -0.25) is 4.79 Å². The molecule has 0 bridgehead atoms. The molecule has 1 atom stereocenters. The van der Waals surface area contributed by atoms with Crippen LogP contribution in [0.3, 0.4) is 0 Å². The molecular weight excluding hydrogens is 380 g/mol. The van der Waals surface area contributed by atoms with E-state index >= 15 is 0 Å². The molecule has 130 valence electrons. The van der Waals surface area contributed by atoms with E-state index < -0.39 is 5.72 Å². The minimum absolute atomic E-state index is 0.154. The van der Waals surface area contributed by atoms with Crippen LogP contribution >= 0.6 is 15.9 Å². The topological polar surface area (TPSA) is 52.9 Å². The van der Waals surface area contributed by atoms with Crippen molar-refractivity contribution in [2.45, 2.75) is 38.3 Å². The number of carbonyl (C=O) groups excluding carboxylic acids is 1. The number of rotatable bonds is 5. The van der Waals surface area contributed by atoms with E-state index in [0.29, 0.717) is 18.4 Å². The first-order chi connectivity index (χ1) is 12.0. The Bertz CT molecular complexity index is 774. The molecule has 0 saturated heterocycles. The molecule has 0 aromatic heterocycles. The van der Waals surface area contributed by atoms with Crippen molar-refractivity contribution in [3.63, 3.8) is 0 Å². The maximum atomic E-state index is 12.7. The number of halogens is 1. The van der Waals surface area contributed by atoms with Gasteiger partial charge in [-0.2, -0.15) is 10.1 Å². The van der Waals surface area contributed by atoms with Crippen molar-refractivity contribution in [2.24, 2.45) is 5.10 Å². The molecule has 2 aromatic rings. The molecule has 2 aromatic carbocycles. The first-order valence-electron chi connectivity index (χ1n) is 8.38. The Labute approximate surface area is 156 Å². The molecule has 1 aliphatic rings. The van der Waals surface area contributed by atoms with Crippen LogP contribution in [0.1, 0.15) is 37.3 Å². The zero-order chi connectivity index (χ0) is 17.9. The normalized spacial score (nSPS) is 19.8. The van der Waals surface area contributed by atoms with Crippen LogP contribution in [0.25, 0.3) is 0 Å². The van der Waals surface area contributed by atoms with Crippen LogP contribution in [0.15, 0.2) is 64.2 Å². The number of aryl methyl sites for hydroxylation is 1. The average Bonchev–Trinajstić information content (AvgIpc) is 2.92. The summed E-state index contributed by atoms with van der Waals surface area (Å²) in [6, 6.07) is 17.5. The summed E-state index contributed by atoms with van der Waals surface area (Å²) in [5.41, 5.74) is 1.24. The number of nitrogens with zero attached hydrogens (tertiary/aromatic N) is 2. The van der Waals surface area contributed by atoms with Gasteiger partial charge in [0.1, 0.15) is 0 Å². The molecule has 0 spiro atoms. The Hall–Kier alpha value is -1.98. The first-order valence-corrected chi connectivity index (χ1v) is 9.18. The van der Waals surface area contributed by atoms with E-state index in [0.717, 1.165) is 23.0 Å². The molecule has 1 N–H and O–H groups in total. The molecule has 1 amide bonds. The van der Waals surface area contributed by atoms with Crippen molar-refractivity contribution in [3.8, 4) is 0 Å². The van der Waals surface area contributed by atoms with Gasteiger partial charge in [-0.05, 0) is 37.5 Å². The number of amides is 1. The number of hydrazone groups is 1. The zero-order valence-electron chi connectivity index (χ0n) is 14.2. The summed E-state index contributed by atoms with van der Waals surface area (Å²) in [5.74, 6) is -0.154. The van der Waals surface area contributed by atoms with E-state index in [4.69, 9.17) is 0 Å². The fourth-order valence-electron chi connectivity index (χ4n) is 3.12. The van der Waals surface area contributed by atoms with E-state index in [1.807, 2.05) is 49.4 Å². The quantitative estimate of drug-likeness (QED) is 0.816. The molecule has 1 heterocycles. The van der Waals surface area contributed by atoms with Crippen LogP contribution < -0.4 is 0 Å².